The van der Waals surface area contributed by atoms with Gasteiger partial charge in [0.2, 0.25) is 5.91 Å². The Morgan fingerprint density at radius 3 is 2.72 bits per heavy atom. The molecule has 3 N–H and O–H groups in total. The quantitative estimate of drug-likeness (QED) is 0.656. The van der Waals surface area contributed by atoms with Gasteiger partial charge >= 0.3 is 6.18 Å². The van der Waals surface area contributed by atoms with Crippen LogP contribution in [0.2, 0.25) is 0 Å². The van der Waals surface area contributed by atoms with Crippen LogP contribution in [0, 0.1) is 6.92 Å². The number of thioether (sulfide) groups is 1. The van der Waals surface area contributed by atoms with Gasteiger partial charge in [0.05, 0.1) is 5.75 Å². The highest BCUT2D eigenvalue weighted by Gasteiger charge is 2.27. The fourth-order valence-corrected chi connectivity index (χ4v) is 2.08. The maximum Gasteiger partial charge on any atom is 0.405 e. The van der Waals surface area contributed by atoms with Crippen LogP contribution >= 0.6 is 11.8 Å². The number of rotatable bonds is 4. The summed E-state index contributed by atoms with van der Waals surface area (Å²) >= 11 is 1.16. The van der Waals surface area contributed by atoms with Crippen LogP contribution in [0.4, 0.5) is 18.9 Å². The van der Waals surface area contributed by atoms with E-state index in [4.69, 9.17) is 5.73 Å². The van der Waals surface area contributed by atoms with Crippen molar-refractivity contribution in [1.82, 2.24) is 5.32 Å². The third-order valence-electron chi connectivity index (χ3n) is 2.17. The lowest BCUT2D eigenvalue weighted by Crippen LogP contribution is -2.34. The Balaban J connectivity index is 2.46. The number of nitrogens with two attached hydrogens (primary N) is 1. The predicted octanol–water partition coefficient (Wildman–Crippen LogP) is 2.35. The van der Waals surface area contributed by atoms with E-state index in [1.807, 2.05) is 5.32 Å². The summed E-state index contributed by atoms with van der Waals surface area (Å²) in [6.45, 7) is 0.494. The van der Waals surface area contributed by atoms with Crippen molar-refractivity contribution < 1.29 is 18.0 Å². The average molecular weight is 278 g/mol. The molecule has 3 nitrogen and oxygen atoms in total. The Bertz CT molecular complexity index is 435. The van der Waals surface area contributed by atoms with Crippen molar-refractivity contribution >= 4 is 23.4 Å². The zero-order valence-corrected chi connectivity index (χ0v) is 10.5. The van der Waals surface area contributed by atoms with Gasteiger partial charge in [-0.3, -0.25) is 4.79 Å². The maximum atomic E-state index is 11.9. The van der Waals surface area contributed by atoms with Crippen molar-refractivity contribution in [3.05, 3.63) is 23.8 Å². The zero-order valence-electron chi connectivity index (χ0n) is 9.67. The molecule has 0 aliphatic carbocycles. The smallest absolute Gasteiger partial charge is 0.398 e. The SMILES string of the molecule is Cc1c(N)cccc1SCC(=O)NCC(F)(F)F. The number of nitrogens with one attached hydrogen (secondary N) is 1. The van der Waals surface area contributed by atoms with E-state index in [1.165, 1.54) is 0 Å². The largest absolute Gasteiger partial charge is 0.405 e. The van der Waals surface area contributed by atoms with Gasteiger partial charge in [0, 0.05) is 10.6 Å². The van der Waals surface area contributed by atoms with Gasteiger partial charge in [0.15, 0.2) is 0 Å². The lowest BCUT2D eigenvalue weighted by Gasteiger charge is -2.09. The number of carbonyl (C=O) groups is 1. The van der Waals surface area contributed by atoms with E-state index >= 15 is 0 Å². The number of benzene rings is 1. The first-order valence-electron chi connectivity index (χ1n) is 5.11. The van der Waals surface area contributed by atoms with E-state index < -0.39 is 18.6 Å². The summed E-state index contributed by atoms with van der Waals surface area (Å²) in [6, 6.07) is 5.23. The Kier molecular flexibility index (Phi) is 4.89. The van der Waals surface area contributed by atoms with Crippen LogP contribution in [0.5, 0.6) is 0 Å². The lowest BCUT2D eigenvalue weighted by molar-refractivity contribution is -0.136. The Labute approximate surface area is 107 Å². The molecule has 0 aromatic heterocycles. The highest BCUT2D eigenvalue weighted by atomic mass is 32.2. The van der Waals surface area contributed by atoms with Gasteiger partial charge in [-0.15, -0.1) is 11.8 Å². The Hall–Kier alpha value is -1.37. The first kappa shape index (κ1) is 14.7. The van der Waals surface area contributed by atoms with Crippen LogP contribution in [0.3, 0.4) is 0 Å². The molecule has 0 unspecified atom stereocenters. The molecule has 1 aromatic rings. The van der Waals surface area contributed by atoms with E-state index in [9.17, 15) is 18.0 Å². The second-order valence-corrected chi connectivity index (χ2v) is 4.67. The Morgan fingerprint density at radius 2 is 2.11 bits per heavy atom. The first-order chi connectivity index (χ1) is 8.29. The maximum absolute atomic E-state index is 11.9. The monoisotopic (exact) mass is 278 g/mol. The number of halogens is 3. The van der Waals surface area contributed by atoms with Crippen LogP contribution in [0.1, 0.15) is 5.56 Å². The second-order valence-electron chi connectivity index (χ2n) is 3.65. The molecule has 0 atom stereocenters. The van der Waals surface area contributed by atoms with E-state index in [0.29, 0.717) is 5.69 Å². The number of anilines is 1. The van der Waals surface area contributed by atoms with Crippen molar-refractivity contribution in [3.63, 3.8) is 0 Å². The fraction of sp³-hybridized carbons (Fsp3) is 0.364. The highest BCUT2D eigenvalue weighted by molar-refractivity contribution is 8.00. The fourth-order valence-electron chi connectivity index (χ4n) is 1.18. The number of amides is 1. The summed E-state index contributed by atoms with van der Waals surface area (Å²) in [7, 11) is 0. The molecular weight excluding hydrogens is 265 g/mol. The van der Waals surface area contributed by atoms with Gasteiger partial charge in [-0.2, -0.15) is 13.2 Å². The second kappa shape index (κ2) is 5.99. The Morgan fingerprint density at radius 1 is 1.44 bits per heavy atom. The molecule has 1 rings (SSSR count). The molecule has 1 aromatic carbocycles. The summed E-state index contributed by atoms with van der Waals surface area (Å²) in [6.07, 6.45) is -4.38. The molecule has 0 spiro atoms. The molecule has 0 aliphatic rings. The molecule has 0 aliphatic heterocycles. The van der Waals surface area contributed by atoms with Gasteiger partial charge in [-0.25, -0.2) is 0 Å². The van der Waals surface area contributed by atoms with E-state index in [-0.39, 0.29) is 5.75 Å². The van der Waals surface area contributed by atoms with Gasteiger partial charge < -0.3 is 11.1 Å². The van der Waals surface area contributed by atoms with Crippen LogP contribution in [-0.2, 0) is 4.79 Å². The van der Waals surface area contributed by atoms with E-state index in [1.54, 1.807) is 25.1 Å². The molecule has 0 radical (unpaired) electrons. The van der Waals surface area contributed by atoms with Crippen molar-refractivity contribution in [1.29, 1.82) is 0 Å². The topological polar surface area (TPSA) is 55.1 Å². The summed E-state index contributed by atoms with van der Waals surface area (Å²) in [5, 5.41) is 1.81. The number of hydrogen-bond donors (Lipinski definition) is 2. The summed E-state index contributed by atoms with van der Waals surface area (Å²) in [5.74, 6) is -0.723. The van der Waals surface area contributed by atoms with E-state index in [2.05, 4.69) is 0 Å². The number of hydrogen-bond acceptors (Lipinski definition) is 3. The van der Waals surface area contributed by atoms with Crippen molar-refractivity contribution in [3.8, 4) is 0 Å². The first-order valence-corrected chi connectivity index (χ1v) is 6.09. The van der Waals surface area contributed by atoms with Gasteiger partial charge in [-0.05, 0) is 24.6 Å². The third kappa shape index (κ3) is 4.87. The summed E-state index contributed by atoms with van der Waals surface area (Å²) in [5.41, 5.74) is 7.10. The summed E-state index contributed by atoms with van der Waals surface area (Å²) in [4.78, 5) is 12.0. The van der Waals surface area contributed by atoms with Gasteiger partial charge in [-0.1, -0.05) is 6.07 Å². The standard InChI is InChI=1S/C11H13F3N2OS/c1-7-8(15)3-2-4-9(7)18-5-10(17)16-6-11(12,13)14/h2-4H,5-6,15H2,1H3,(H,16,17). The average Bonchev–Trinajstić information content (AvgIpc) is 2.27. The summed E-state index contributed by atoms with van der Waals surface area (Å²) < 4.78 is 35.6. The lowest BCUT2D eigenvalue weighted by atomic mass is 10.2. The minimum atomic E-state index is -4.38. The highest BCUT2D eigenvalue weighted by Crippen LogP contribution is 2.25. The van der Waals surface area contributed by atoms with E-state index in [0.717, 1.165) is 22.2 Å². The minimum Gasteiger partial charge on any atom is -0.398 e. The molecule has 0 saturated heterocycles. The van der Waals surface area contributed by atoms with Gasteiger partial charge in [0.1, 0.15) is 6.54 Å². The molecule has 1 amide bonds. The molecule has 100 valence electrons. The van der Waals surface area contributed by atoms with Crippen molar-refractivity contribution in [2.45, 2.75) is 18.0 Å². The van der Waals surface area contributed by atoms with Crippen LogP contribution in [-0.4, -0.2) is 24.4 Å². The van der Waals surface area contributed by atoms with Crippen LogP contribution < -0.4 is 11.1 Å². The molecular formula is C11H13F3N2OS. The molecule has 7 heteroatoms. The van der Waals surface area contributed by atoms with Crippen molar-refractivity contribution in [2.24, 2.45) is 0 Å². The number of alkyl halides is 3. The molecule has 0 bridgehead atoms. The normalized spacial score (nSPS) is 11.3. The molecule has 0 saturated carbocycles. The predicted molar refractivity (Wildman–Crippen MR) is 65.4 cm³/mol. The van der Waals surface area contributed by atoms with Crippen LogP contribution in [0.25, 0.3) is 0 Å². The number of carbonyl (C=O) groups excluding carboxylic acids is 1. The molecule has 0 fully saturated rings. The van der Waals surface area contributed by atoms with Gasteiger partial charge in [0.25, 0.3) is 0 Å². The minimum absolute atomic E-state index is 0.0691. The number of nitrogen functional groups attached to an aromatic ring is 1. The molecule has 18 heavy (non-hydrogen) atoms. The molecule has 0 heterocycles. The third-order valence-corrected chi connectivity index (χ3v) is 3.33. The van der Waals surface area contributed by atoms with Crippen LogP contribution in [0.15, 0.2) is 23.1 Å². The van der Waals surface area contributed by atoms with Crippen molar-refractivity contribution in [2.75, 3.05) is 18.0 Å². The zero-order chi connectivity index (χ0) is 13.8.